The van der Waals surface area contributed by atoms with Gasteiger partial charge in [-0.1, -0.05) is 5.21 Å². The molecule has 0 saturated heterocycles. The van der Waals surface area contributed by atoms with Crippen molar-refractivity contribution in [1.29, 1.82) is 0 Å². The summed E-state index contributed by atoms with van der Waals surface area (Å²) in [6, 6.07) is 3.57. The average Bonchev–Trinajstić information content (AvgIpc) is 2.93. The molecular formula is C11H14BrN5O2. The number of aromatic nitrogens is 4. The number of hydrogen-bond donors (Lipinski definition) is 3. The molecule has 0 radical (unpaired) electrons. The maximum absolute atomic E-state index is 9.72. The van der Waals surface area contributed by atoms with Gasteiger partial charge in [0.15, 0.2) is 17.3 Å². The number of halogens is 1. The van der Waals surface area contributed by atoms with Crippen LogP contribution in [0.15, 0.2) is 16.6 Å². The number of nitrogens with one attached hydrogen (secondary N) is 2. The molecule has 0 amide bonds. The molecule has 2 rings (SSSR count). The zero-order valence-corrected chi connectivity index (χ0v) is 12.1. The second kappa shape index (κ2) is 5.98. The quantitative estimate of drug-likeness (QED) is 0.770. The highest BCUT2D eigenvalue weighted by Gasteiger charge is 2.12. The lowest BCUT2D eigenvalue weighted by Crippen LogP contribution is -2.19. The molecule has 0 spiro atoms. The Kier molecular flexibility index (Phi) is 4.33. The molecule has 19 heavy (non-hydrogen) atoms. The molecule has 0 bridgehead atoms. The Morgan fingerprint density at radius 2 is 2.32 bits per heavy atom. The van der Waals surface area contributed by atoms with Gasteiger partial charge < -0.3 is 15.2 Å². The summed E-state index contributed by atoms with van der Waals surface area (Å²) < 4.78 is 5.69. The van der Waals surface area contributed by atoms with E-state index in [1.54, 1.807) is 6.07 Å². The van der Waals surface area contributed by atoms with Crippen molar-refractivity contribution in [2.45, 2.75) is 19.5 Å². The normalized spacial score (nSPS) is 12.4. The predicted molar refractivity (Wildman–Crippen MR) is 71.8 cm³/mol. The highest BCUT2D eigenvalue weighted by molar-refractivity contribution is 9.10. The summed E-state index contributed by atoms with van der Waals surface area (Å²) in [5, 5.41) is 26.7. The molecule has 2 aromatic rings. The molecule has 0 aliphatic carbocycles. The number of tetrazole rings is 1. The Balaban J connectivity index is 2.05. The van der Waals surface area contributed by atoms with E-state index in [1.165, 1.54) is 7.11 Å². The van der Waals surface area contributed by atoms with Crippen molar-refractivity contribution in [3.63, 3.8) is 0 Å². The number of nitrogens with zero attached hydrogens (tertiary/aromatic N) is 3. The Morgan fingerprint density at radius 3 is 2.95 bits per heavy atom. The summed E-state index contributed by atoms with van der Waals surface area (Å²) in [6.45, 7) is 2.53. The SMILES string of the molecule is COc1cc(CNC(C)c2nn[nH]n2)cc(Br)c1O. The minimum Gasteiger partial charge on any atom is -0.503 e. The van der Waals surface area contributed by atoms with Crippen LogP contribution in [-0.2, 0) is 6.54 Å². The van der Waals surface area contributed by atoms with Gasteiger partial charge in [-0.25, -0.2) is 0 Å². The molecule has 1 heterocycles. The third kappa shape index (κ3) is 3.21. The van der Waals surface area contributed by atoms with Gasteiger partial charge in [-0.3, -0.25) is 0 Å². The van der Waals surface area contributed by atoms with Gasteiger partial charge in [0.1, 0.15) is 0 Å². The fourth-order valence-corrected chi connectivity index (χ4v) is 2.09. The molecule has 8 heteroatoms. The summed E-state index contributed by atoms with van der Waals surface area (Å²) >= 11 is 3.29. The van der Waals surface area contributed by atoms with Crippen LogP contribution < -0.4 is 10.1 Å². The molecule has 102 valence electrons. The van der Waals surface area contributed by atoms with E-state index in [9.17, 15) is 5.11 Å². The minimum atomic E-state index is -0.0303. The van der Waals surface area contributed by atoms with E-state index >= 15 is 0 Å². The van der Waals surface area contributed by atoms with Gasteiger partial charge in [0, 0.05) is 6.54 Å². The molecule has 3 N–H and O–H groups in total. The Hall–Kier alpha value is -1.67. The highest BCUT2D eigenvalue weighted by atomic mass is 79.9. The zero-order chi connectivity index (χ0) is 13.8. The lowest BCUT2D eigenvalue weighted by Gasteiger charge is -2.12. The number of rotatable bonds is 5. The summed E-state index contributed by atoms with van der Waals surface area (Å²) in [4.78, 5) is 0. The van der Waals surface area contributed by atoms with Crippen LogP contribution in [0.5, 0.6) is 11.5 Å². The van der Waals surface area contributed by atoms with Crippen molar-refractivity contribution >= 4 is 15.9 Å². The number of benzene rings is 1. The Labute approximate surface area is 118 Å². The molecule has 1 atom stereocenters. The molecule has 0 fully saturated rings. The van der Waals surface area contributed by atoms with Crippen LogP contribution in [0.4, 0.5) is 0 Å². The minimum absolute atomic E-state index is 0.0303. The first-order chi connectivity index (χ1) is 9.11. The summed E-state index contributed by atoms with van der Waals surface area (Å²) in [5.41, 5.74) is 0.969. The maximum Gasteiger partial charge on any atom is 0.191 e. The number of phenols is 1. The Bertz CT molecular complexity index is 546. The van der Waals surface area contributed by atoms with Crippen molar-refractivity contribution in [2.75, 3.05) is 7.11 Å². The number of aromatic hydroxyl groups is 1. The molecule has 1 unspecified atom stereocenters. The summed E-state index contributed by atoms with van der Waals surface area (Å²) in [6.07, 6.45) is 0. The van der Waals surface area contributed by atoms with Crippen molar-refractivity contribution in [1.82, 2.24) is 25.9 Å². The highest BCUT2D eigenvalue weighted by Crippen LogP contribution is 2.35. The van der Waals surface area contributed by atoms with Gasteiger partial charge in [0.05, 0.1) is 17.6 Å². The van der Waals surface area contributed by atoms with E-state index in [2.05, 4.69) is 41.9 Å². The first-order valence-electron chi connectivity index (χ1n) is 5.64. The second-order valence-corrected chi connectivity index (χ2v) is 4.86. The standard InChI is InChI=1S/C11H14BrN5O2/c1-6(11-14-16-17-15-11)13-5-7-3-8(12)10(18)9(4-7)19-2/h3-4,6,13,18H,5H2,1-2H3,(H,14,15,16,17). The molecule has 7 nitrogen and oxygen atoms in total. The number of methoxy groups -OCH3 is 1. The third-order valence-corrected chi connectivity index (χ3v) is 3.27. The van der Waals surface area contributed by atoms with Gasteiger partial charge in [-0.05, 0) is 40.5 Å². The van der Waals surface area contributed by atoms with Crippen LogP contribution in [0.3, 0.4) is 0 Å². The lowest BCUT2D eigenvalue weighted by atomic mass is 10.2. The van der Waals surface area contributed by atoms with Crippen molar-refractivity contribution in [2.24, 2.45) is 0 Å². The van der Waals surface area contributed by atoms with Crippen molar-refractivity contribution in [3.8, 4) is 11.5 Å². The first kappa shape index (κ1) is 13.8. The van der Waals surface area contributed by atoms with E-state index in [0.717, 1.165) is 5.56 Å². The monoisotopic (exact) mass is 327 g/mol. The van der Waals surface area contributed by atoms with E-state index in [0.29, 0.717) is 22.6 Å². The summed E-state index contributed by atoms with van der Waals surface area (Å²) in [7, 11) is 1.51. The number of aromatic amines is 1. The van der Waals surface area contributed by atoms with Crippen LogP contribution in [0.25, 0.3) is 0 Å². The molecular weight excluding hydrogens is 314 g/mol. The first-order valence-corrected chi connectivity index (χ1v) is 6.43. The van der Waals surface area contributed by atoms with Crippen molar-refractivity contribution in [3.05, 3.63) is 28.0 Å². The lowest BCUT2D eigenvalue weighted by molar-refractivity contribution is 0.371. The van der Waals surface area contributed by atoms with Gasteiger partial charge >= 0.3 is 0 Å². The summed E-state index contributed by atoms with van der Waals surface area (Å²) in [5.74, 6) is 1.13. The zero-order valence-electron chi connectivity index (χ0n) is 10.5. The number of ether oxygens (including phenoxy) is 1. The van der Waals surface area contributed by atoms with Gasteiger partial charge in [-0.15, -0.1) is 10.2 Å². The fourth-order valence-electron chi connectivity index (χ4n) is 1.60. The third-order valence-electron chi connectivity index (χ3n) is 2.67. The van der Waals surface area contributed by atoms with Crippen LogP contribution in [0.1, 0.15) is 24.4 Å². The molecule has 0 aliphatic heterocycles. The van der Waals surface area contributed by atoms with Crippen LogP contribution in [0.2, 0.25) is 0 Å². The fraction of sp³-hybridized carbons (Fsp3) is 0.364. The van der Waals surface area contributed by atoms with Crippen LogP contribution in [-0.4, -0.2) is 32.8 Å². The van der Waals surface area contributed by atoms with Gasteiger partial charge in [0.25, 0.3) is 0 Å². The number of phenolic OH excluding ortho intramolecular Hbond substituents is 1. The van der Waals surface area contributed by atoms with Gasteiger partial charge in [-0.2, -0.15) is 5.21 Å². The van der Waals surface area contributed by atoms with E-state index in [1.807, 2.05) is 13.0 Å². The van der Waals surface area contributed by atoms with Crippen LogP contribution in [0, 0.1) is 0 Å². The van der Waals surface area contributed by atoms with Crippen LogP contribution >= 0.6 is 15.9 Å². The smallest absolute Gasteiger partial charge is 0.191 e. The topological polar surface area (TPSA) is 96.0 Å². The number of hydrogen-bond acceptors (Lipinski definition) is 6. The average molecular weight is 328 g/mol. The van der Waals surface area contributed by atoms with E-state index < -0.39 is 0 Å². The van der Waals surface area contributed by atoms with E-state index in [-0.39, 0.29) is 11.8 Å². The largest absolute Gasteiger partial charge is 0.503 e. The molecule has 1 aromatic heterocycles. The molecule has 0 saturated carbocycles. The maximum atomic E-state index is 9.72. The molecule has 1 aromatic carbocycles. The predicted octanol–water partition coefficient (Wildman–Crippen LogP) is 1.53. The van der Waals surface area contributed by atoms with Crippen molar-refractivity contribution < 1.29 is 9.84 Å². The number of H-pyrrole nitrogens is 1. The van der Waals surface area contributed by atoms with E-state index in [4.69, 9.17) is 4.74 Å². The second-order valence-electron chi connectivity index (χ2n) is 4.00. The molecule has 0 aliphatic rings. The Morgan fingerprint density at radius 1 is 1.53 bits per heavy atom. The van der Waals surface area contributed by atoms with Gasteiger partial charge in [0.2, 0.25) is 0 Å².